The van der Waals surface area contributed by atoms with Gasteiger partial charge >= 0.3 is 0 Å². The lowest BCUT2D eigenvalue weighted by Crippen LogP contribution is -2.36. The number of carbonyl (C=O) groups is 2. The Balaban J connectivity index is 2.28. The van der Waals surface area contributed by atoms with Crippen LogP contribution in [-0.2, 0) is 9.59 Å². The minimum absolute atomic E-state index is 0.0552. The molecule has 1 aromatic rings. The first-order chi connectivity index (χ1) is 8.29. The third-order valence-corrected chi connectivity index (χ3v) is 3.01. The maximum atomic E-state index is 11.6. The highest BCUT2D eigenvalue weighted by molar-refractivity contribution is 7.15. The number of anilines is 1. The third kappa shape index (κ3) is 4.83. The van der Waals surface area contributed by atoms with Gasteiger partial charge in [-0.25, -0.2) is 4.98 Å². The molecule has 0 aliphatic heterocycles. The topological polar surface area (TPSA) is 71.1 Å². The second kappa shape index (κ2) is 5.95. The van der Waals surface area contributed by atoms with Gasteiger partial charge in [0.25, 0.3) is 0 Å². The first-order valence-corrected chi connectivity index (χ1v) is 6.61. The van der Waals surface area contributed by atoms with Crippen LogP contribution in [0.15, 0.2) is 6.20 Å². The average Bonchev–Trinajstić information content (AvgIpc) is 2.62. The number of nitrogens with one attached hydrogen (secondary N) is 2. The minimum atomic E-state index is -0.428. The molecule has 1 heterocycles. The molecular formula is C12H19N3O2S. The zero-order chi connectivity index (χ0) is 13.8. The first-order valence-electron chi connectivity index (χ1n) is 5.79. The summed E-state index contributed by atoms with van der Waals surface area (Å²) in [5.41, 5.74) is -0.428. The highest BCUT2D eigenvalue weighted by Gasteiger charge is 2.20. The van der Waals surface area contributed by atoms with Crippen LogP contribution in [0, 0.1) is 12.3 Å². The van der Waals surface area contributed by atoms with E-state index < -0.39 is 5.41 Å². The SMILES string of the molecule is Cc1cnc(NC(=O)CCNC(=O)C(C)(C)C)s1. The molecule has 0 spiro atoms. The summed E-state index contributed by atoms with van der Waals surface area (Å²) in [5, 5.41) is 6.02. The quantitative estimate of drug-likeness (QED) is 0.877. The second-order valence-electron chi connectivity index (χ2n) is 5.08. The van der Waals surface area contributed by atoms with Crippen LogP contribution >= 0.6 is 11.3 Å². The van der Waals surface area contributed by atoms with E-state index in [1.807, 2.05) is 27.7 Å². The molecule has 0 aromatic carbocycles. The van der Waals surface area contributed by atoms with Crippen molar-refractivity contribution in [1.82, 2.24) is 10.3 Å². The molecule has 18 heavy (non-hydrogen) atoms. The molecule has 2 amide bonds. The number of carbonyl (C=O) groups excluding carboxylic acids is 2. The first kappa shape index (κ1) is 14.6. The van der Waals surface area contributed by atoms with Gasteiger partial charge < -0.3 is 10.6 Å². The zero-order valence-corrected chi connectivity index (χ0v) is 12.0. The molecule has 100 valence electrons. The monoisotopic (exact) mass is 269 g/mol. The van der Waals surface area contributed by atoms with Gasteiger partial charge in [-0.2, -0.15) is 0 Å². The van der Waals surface area contributed by atoms with Crippen molar-refractivity contribution in [1.29, 1.82) is 0 Å². The Bertz CT molecular complexity index is 435. The average molecular weight is 269 g/mol. The number of nitrogens with zero attached hydrogens (tertiary/aromatic N) is 1. The van der Waals surface area contributed by atoms with Crippen molar-refractivity contribution in [3.8, 4) is 0 Å². The van der Waals surface area contributed by atoms with Crippen molar-refractivity contribution >= 4 is 28.3 Å². The highest BCUT2D eigenvalue weighted by atomic mass is 32.1. The maximum Gasteiger partial charge on any atom is 0.227 e. The van der Waals surface area contributed by atoms with E-state index in [2.05, 4.69) is 15.6 Å². The molecule has 0 saturated carbocycles. The van der Waals surface area contributed by atoms with Gasteiger partial charge in [0.05, 0.1) is 0 Å². The summed E-state index contributed by atoms with van der Waals surface area (Å²) in [6.45, 7) is 7.77. The Morgan fingerprint density at radius 3 is 2.56 bits per heavy atom. The third-order valence-electron chi connectivity index (χ3n) is 2.19. The molecule has 1 aromatic heterocycles. The summed E-state index contributed by atoms with van der Waals surface area (Å²) in [6.07, 6.45) is 1.96. The van der Waals surface area contributed by atoms with Crippen LogP contribution in [0.4, 0.5) is 5.13 Å². The molecule has 0 radical (unpaired) electrons. The Kier molecular flexibility index (Phi) is 4.84. The molecule has 0 atom stereocenters. The molecule has 0 saturated heterocycles. The Hall–Kier alpha value is -1.43. The van der Waals surface area contributed by atoms with Crippen LogP contribution < -0.4 is 10.6 Å². The normalized spacial score (nSPS) is 11.1. The van der Waals surface area contributed by atoms with E-state index in [0.717, 1.165) is 4.88 Å². The molecule has 0 bridgehead atoms. The van der Waals surface area contributed by atoms with Gasteiger partial charge in [0.15, 0.2) is 5.13 Å². The van der Waals surface area contributed by atoms with Crippen molar-refractivity contribution in [3.63, 3.8) is 0 Å². The van der Waals surface area contributed by atoms with Gasteiger partial charge in [-0.1, -0.05) is 20.8 Å². The van der Waals surface area contributed by atoms with Crippen LogP contribution in [0.5, 0.6) is 0 Å². The number of hydrogen-bond donors (Lipinski definition) is 2. The van der Waals surface area contributed by atoms with E-state index in [1.165, 1.54) is 11.3 Å². The predicted molar refractivity (Wildman–Crippen MR) is 72.6 cm³/mol. The standard InChI is InChI=1S/C12H19N3O2S/c1-8-7-14-11(18-8)15-9(16)5-6-13-10(17)12(2,3)4/h7H,5-6H2,1-4H3,(H,13,17)(H,14,15,16). The molecule has 0 unspecified atom stereocenters. The molecule has 1 rings (SSSR count). The van der Waals surface area contributed by atoms with Crippen LogP contribution in [0.25, 0.3) is 0 Å². The number of thiazole rings is 1. The number of rotatable bonds is 4. The summed E-state index contributed by atoms with van der Waals surface area (Å²) in [4.78, 5) is 28.2. The van der Waals surface area contributed by atoms with Gasteiger partial charge in [0.2, 0.25) is 11.8 Å². The van der Waals surface area contributed by atoms with Crippen molar-refractivity contribution in [2.45, 2.75) is 34.1 Å². The van der Waals surface area contributed by atoms with Crippen molar-refractivity contribution < 1.29 is 9.59 Å². The maximum absolute atomic E-state index is 11.6. The number of aromatic nitrogens is 1. The van der Waals surface area contributed by atoms with Crippen molar-refractivity contribution in [2.24, 2.45) is 5.41 Å². The fourth-order valence-electron chi connectivity index (χ4n) is 1.15. The predicted octanol–water partition coefficient (Wildman–Crippen LogP) is 1.94. The molecule has 6 heteroatoms. The van der Waals surface area contributed by atoms with E-state index in [0.29, 0.717) is 11.7 Å². The fraction of sp³-hybridized carbons (Fsp3) is 0.583. The fourth-order valence-corrected chi connectivity index (χ4v) is 1.83. The van der Waals surface area contributed by atoms with Crippen LogP contribution in [0.3, 0.4) is 0 Å². The Morgan fingerprint density at radius 1 is 1.39 bits per heavy atom. The lowest BCUT2D eigenvalue weighted by molar-refractivity contribution is -0.128. The molecular weight excluding hydrogens is 250 g/mol. The van der Waals surface area contributed by atoms with E-state index in [-0.39, 0.29) is 18.2 Å². The van der Waals surface area contributed by atoms with Gasteiger partial charge in [0.1, 0.15) is 0 Å². The smallest absolute Gasteiger partial charge is 0.227 e. The summed E-state index contributed by atoms with van der Waals surface area (Å²) in [6, 6.07) is 0. The Labute approximate surface area is 111 Å². The van der Waals surface area contributed by atoms with Crippen molar-refractivity contribution in [3.05, 3.63) is 11.1 Å². The van der Waals surface area contributed by atoms with Crippen LogP contribution in [-0.4, -0.2) is 23.3 Å². The number of amides is 2. The lowest BCUT2D eigenvalue weighted by Gasteiger charge is -2.17. The van der Waals surface area contributed by atoms with E-state index in [9.17, 15) is 9.59 Å². The zero-order valence-electron chi connectivity index (χ0n) is 11.2. The summed E-state index contributed by atoms with van der Waals surface area (Å²) >= 11 is 1.43. The summed E-state index contributed by atoms with van der Waals surface area (Å²) < 4.78 is 0. The van der Waals surface area contributed by atoms with E-state index in [4.69, 9.17) is 0 Å². The molecule has 0 aliphatic rings. The molecule has 0 aliphatic carbocycles. The van der Waals surface area contributed by atoms with Gasteiger partial charge in [-0.05, 0) is 6.92 Å². The summed E-state index contributed by atoms with van der Waals surface area (Å²) in [7, 11) is 0. The number of aryl methyl sites for hydroxylation is 1. The highest BCUT2D eigenvalue weighted by Crippen LogP contribution is 2.16. The molecule has 2 N–H and O–H groups in total. The largest absolute Gasteiger partial charge is 0.355 e. The lowest BCUT2D eigenvalue weighted by atomic mass is 9.96. The van der Waals surface area contributed by atoms with Gasteiger partial charge in [-0.3, -0.25) is 9.59 Å². The number of hydrogen-bond acceptors (Lipinski definition) is 4. The Morgan fingerprint density at radius 2 is 2.06 bits per heavy atom. The summed E-state index contributed by atoms with van der Waals surface area (Å²) in [5.74, 6) is -0.195. The van der Waals surface area contributed by atoms with Crippen molar-refractivity contribution in [2.75, 3.05) is 11.9 Å². The van der Waals surface area contributed by atoms with E-state index >= 15 is 0 Å². The van der Waals surface area contributed by atoms with Gasteiger partial charge in [-0.15, -0.1) is 11.3 Å². The minimum Gasteiger partial charge on any atom is -0.355 e. The molecule has 5 nitrogen and oxygen atoms in total. The van der Waals surface area contributed by atoms with Gasteiger partial charge in [0, 0.05) is 29.5 Å². The van der Waals surface area contributed by atoms with Crippen LogP contribution in [0.1, 0.15) is 32.1 Å². The second-order valence-corrected chi connectivity index (χ2v) is 6.31. The van der Waals surface area contributed by atoms with E-state index in [1.54, 1.807) is 6.20 Å². The molecule has 0 fully saturated rings. The van der Waals surface area contributed by atoms with Crippen LogP contribution in [0.2, 0.25) is 0 Å².